The maximum absolute atomic E-state index is 12.6. The van der Waals surface area contributed by atoms with Crippen LogP contribution in [0.1, 0.15) is 32.5 Å². The summed E-state index contributed by atoms with van der Waals surface area (Å²) in [6, 6.07) is 13.3. The van der Waals surface area contributed by atoms with E-state index in [0.717, 1.165) is 12.2 Å². The minimum atomic E-state index is -0.267. The van der Waals surface area contributed by atoms with Gasteiger partial charge in [-0.2, -0.15) is 0 Å². The topological polar surface area (TPSA) is 74.3 Å². The van der Waals surface area contributed by atoms with Gasteiger partial charge >= 0.3 is 0 Å². The van der Waals surface area contributed by atoms with Crippen molar-refractivity contribution in [2.24, 2.45) is 0 Å². The third-order valence-corrected chi connectivity index (χ3v) is 5.39. The summed E-state index contributed by atoms with van der Waals surface area (Å²) in [5.74, 6) is -0.457. The second-order valence-electron chi connectivity index (χ2n) is 6.53. The van der Waals surface area contributed by atoms with Crippen molar-refractivity contribution in [3.05, 3.63) is 76.2 Å². The lowest BCUT2D eigenvalue weighted by molar-refractivity contribution is 0.0959. The number of hydrogen-bond donors (Lipinski definition) is 2. The summed E-state index contributed by atoms with van der Waals surface area (Å²) in [7, 11) is 0. The number of rotatable bonds is 8. The van der Waals surface area contributed by atoms with Gasteiger partial charge in [0.25, 0.3) is 11.8 Å². The SMILES string of the molecule is CCN(CCNC(=O)c1sccc1NC(=O)c1ccncc1)c1cccc(C)c1. The summed E-state index contributed by atoms with van der Waals surface area (Å²) in [5, 5.41) is 7.55. The van der Waals surface area contributed by atoms with E-state index in [0.29, 0.717) is 29.2 Å². The molecule has 0 aliphatic heterocycles. The Morgan fingerprint density at radius 3 is 2.62 bits per heavy atom. The lowest BCUT2D eigenvalue weighted by Gasteiger charge is -2.23. The van der Waals surface area contributed by atoms with Crippen LogP contribution in [0.4, 0.5) is 11.4 Å². The summed E-state index contributed by atoms with van der Waals surface area (Å²) in [4.78, 5) is 31.6. The van der Waals surface area contributed by atoms with Gasteiger partial charge in [-0.1, -0.05) is 12.1 Å². The molecule has 0 aliphatic rings. The second kappa shape index (κ2) is 9.84. The average Bonchev–Trinajstić information content (AvgIpc) is 3.20. The molecule has 0 unspecified atom stereocenters. The van der Waals surface area contributed by atoms with Crippen LogP contribution in [0, 0.1) is 6.92 Å². The van der Waals surface area contributed by atoms with E-state index in [2.05, 4.69) is 52.6 Å². The van der Waals surface area contributed by atoms with Gasteiger partial charge in [0.1, 0.15) is 4.88 Å². The molecule has 0 saturated heterocycles. The fourth-order valence-electron chi connectivity index (χ4n) is 2.96. The number of anilines is 2. The Bertz CT molecular complexity index is 972. The Labute approximate surface area is 174 Å². The van der Waals surface area contributed by atoms with Crippen LogP contribution in [0.15, 0.2) is 60.2 Å². The summed E-state index contributed by atoms with van der Waals surface area (Å²) in [6.45, 7) is 6.23. The minimum Gasteiger partial charge on any atom is -0.370 e. The number of benzene rings is 1. The van der Waals surface area contributed by atoms with Crippen LogP contribution in [0.25, 0.3) is 0 Å². The highest BCUT2D eigenvalue weighted by molar-refractivity contribution is 7.12. The van der Waals surface area contributed by atoms with Gasteiger partial charge in [-0.15, -0.1) is 11.3 Å². The van der Waals surface area contributed by atoms with E-state index in [1.54, 1.807) is 36.0 Å². The van der Waals surface area contributed by atoms with E-state index in [1.807, 2.05) is 6.07 Å². The standard InChI is InChI=1S/C22H24N4O2S/c1-3-26(18-6-4-5-16(2)15-18)13-12-24-22(28)20-19(9-14-29-20)25-21(27)17-7-10-23-11-8-17/h4-11,14-15H,3,12-13H2,1-2H3,(H,24,28)(H,25,27). The van der Waals surface area contributed by atoms with Crippen LogP contribution in [-0.2, 0) is 0 Å². The Morgan fingerprint density at radius 2 is 1.90 bits per heavy atom. The van der Waals surface area contributed by atoms with Crippen molar-refractivity contribution >= 4 is 34.5 Å². The fourth-order valence-corrected chi connectivity index (χ4v) is 3.73. The van der Waals surface area contributed by atoms with Gasteiger partial charge in [0.2, 0.25) is 0 Å². The molecule has 0 bridgehead atoms. The molecular weight excluding hydrogens is 384 g/mol. The summed E-state index contributed by atoms with van der Waals surface area (Å²) in [6.07, 6.45) is 3.12. The van der Waals surface area contributed by atoms with Crippen molar-refractivity contribution in [3.8, 4) is 0 Å². The van der Waals surface area contributed by atoms with Gasteiger partial charge in [0.15, 0.2) is 0 Å². The molecule has 7 heteroatoms. The molecule has 0 aliphatic carbocycles. The first kappa shape index (κ1) is 20.5. The number of amides is 2. The van der Waals surface area contributed by atoms with Gasteiger partial charge in [0, 0.05) is 43.3 Å². The van der Waals surface area contributed by atoms with E-state index in [-0.39, 0.29) is 11.8 Å². The van der Waals surface area contributed by atoms with Crippen molar-refractivity contribution in [2.75, 3.05) is 29.9 Å². The molecule has 0 saturated carbocycles. The number of nitrogens with one attached hydrogen (secondary N) is 2. The first-order valence-corrected chi connectivity index (χ1v) is 10.3. The molecule has 150 valence electrons. The molecule has 6 nitrogen and oxygen atoms in total. The van der Waals surface area contributed by atoms with Crippen molar-refractivity contribution in [1.29, 1.82) is 0 Å². The van der Waals surface area contributed by atoms with E-state index in [9.17, 15) is 9.59 Å². The lowest BCUT2D eigenvalue weighted by atomic mass is 10.2. The fraction of sp³-hybridized carbons (Fsp3) is 0.227. The lowest BCUT2D eigenvalue weighted by Crippen LogP contribution is -2.35. The van der Waals surface area contributed by atoms with Gasteiger partial charge in [-0.05, 0) is 55.1 Å². The maximum atomic E-state index is 12.6. The van der Waals surface area contributed by atoms with Crippen molar-refractivity contribution in [2.45, 2.75) is 13.8 Å². The van der Waals surface area contributed by atoms with Crippen LogP contribution in [0.3, 0.4) is 0 Å². The Morgan fingerprint density at radius 1 is 1.10 bits per heavy atom. The van der Waals surface area contributed by atoms with E-state index < -0.39 is 0 Å². The normalized spacial score (nSPS) is 10.4. The van der Waals surface area contributed by atoms with E-state index >= 15 is 0 Å². The number of pyridine rings is 1. The van der Waals surface area contributed by atoms with Gasteiger partial charge in [-0.25, -0.2) is 0 Å². The van der Waals surface area contributed by atoms with E-state index in [4.69, 9.17) is 0 Å². The molecule has 2 aromatic heterocycles. The third-order valence-electron chi connectivity index (χ3n) is 4.48. The molecule has 3 aromatic rings. The molecule has 29 heavy (non-hydrogen) atoms. The quantitative estimate of drug-likeness (QED) is 0.592. The van der Waals surface area contributed by atoms with Crippen molar-refractivity contribution in [1.82, 2.24) is 10.3 Å². The zero-order valence-electron chi connectivity index (χ0n) is 16.5. The predicted octanol–water partition coefficient (Wildman–Crippen LogP) is 3.96. The first-order valence-electron chi connectivity index (χ1n) is 9.47. The number of nitrogens with zero attached hydrogens (tertiary/aromatic N) is 2. The number of aromatic nitrogens is 1. The highest BCUT2D eigenvalue weighted by Gasteiger charge is 2.16. The Kier molecular flexibility index (Phi) is 6.97. The van der Waals surface area contributed by atoms with Crippen LogP contribution in [0.5, 0.6) is 0 Å². The number of likely N-dealkylation sites (N-methyl/N-ethyl adjacent to an activating group) is 1. The number of hydrogen-bond acceptors (Lipinski definition) is 5. The molecule has 2 amide bonds. The highest BCUT2D eigenvalue weighted by Crippen LogP contribution is 2.23. The molecule has 0 atom stereocenters. The van der Waals surface area contributed by atoms with Crippen LogP contribution >= 0.6 is 11.3 Å². The highest BCUT2D eigenvalue weighted by atomic mass is 32.1. The Hall–Kier alpha value is -3.19. The zero-order valence-corrected chi connectivity index (χ0v) is 17.3. The van der Waals surface area contributed by atoms with E-state index in [1.165, 1.54) is 16.9 Å². The number of aryl methyl sites for hydroxylation is 1. The van der Waals surface area contributed by atoms with Crippen LogP contribution in [-0.4, -0.2) is 36.4 Å². The predicted molar refractivity (Wildman–Crippen MR) is 118 cm³/mol. The van der Waals surface area contributed by atoms with Crippen molar-refractivity contribution in [3.63, 3.8) is 0 Å². The average molecular weight is 409 g/mol. The number of thiophene rings is 1. The molecule has 2 heterocycles. The minimum absolute atomic E-state index is 0.190. The Balaban J connectivity index is 1.57. The zero-order chi connectivity index (χ0) is 20.6. The molecule has 0 spiro atoms. The molecule has 2 N–H and O–H groups in total. The summed E-state index contributed by atoms with van der Waals surface area (Å²) < 4.78 is 0. The smallest absolute Gasteiger partial charge is 0.263 e. The molecule has 0 fully saturated rings. The van der Waals surface area contributed by atoms with Gasteiger partial charge in [0.05, 0.1) is 5.69 Å². The number of carbonyl (C=O) groups is 2. The third kappa shape index (κ3) is 5.42. The summed E-state index contributed by atoms with van der Waals surface area (Å²) in [5.41, 5.74) is 3.36. The number of carbonyl (C=O) groups excluding carboxylic acids is 2. The molecule has 0 radical (unpaired) electrons. The molecular formula is C22H24N4O2S. The maximum Gasteiger partial charge on any atom is 0.263 e. The van der Waals surface area contributed by atoms with Crippen LogP contribution < -0.4 is 15.5 Å². The van der Waals surface area contributed by atoms with Gasteiger partial charge < -0.3 is 15.5 Å². The molecule has 1 aromatic carbocycles. The largest absolute Gasteiger partial charge is 0.370 e. The summed E-state index contributed by atoms with van der Waals surface area (Å²) >= 11 is 1.31. The van der Waals surface area contributed by atoms with Crippen LogP contribution in [0.2, 0.25) is 0 Å². The first-order chi connectivity index (χ1) is 14.1. The van der Waals surface area contributed by atoms with Crippen molar-refractivity contribution < 1.29 is 9.59 Å². The monoisotopic (exact) mass is 408 g/mol. The second-order valence-corrected chi connectivity index (χ2v) is 7.44. The molecule has 3 rings (SSSR count). The van der Waals surface area contributed by atoms with Gasteiger partial charge in [-0.3, -0.25) is 14.6 Å².